The fourth-order valence-electron chi connectivity index (χ4n) is 4.53. The fraction of sp³-hybridized carbons (Fsp3) is 0.115. The summed E-state index contributed by atoms with van der Waals surface area (Å²) in [5.74, 6) is -0.103. The number of carbonyl (C=O) groups is 1. The lowest BCUT2D eigenvalue weighted by Gasteiger charge is -2.21. The topological polar surface area (TPSA) is 26.3 Å². The molecule has 5 rings (SSSR count). The van der Waals surface area contributed by atoms with Gasteiger partial charge in [-0.2, -0.15) is 0 Å². The van der Waals surface area contributed by atoms with Crippen molar-refractivity contribution >= 4 is 16.7 Å². The van der Waals surface area contributed by atoms with Crippen LogP contribution in [0.4, 0.5) is 0 Å². The number of fused-ring (bicyclic) bond motifs is 4. The fourth-order valence-corrected chi connectivity index (χ4v) is 4.53. The van der Waals surface area contributed by atoms with Gasteiger partial charge in [-0.05, 0) is 44.2 Å². The van der Waals surface area contributed by atoms with Gasteiger partial charge in [0.1, 0.15) is 0 Å². The molecule has 4 aromatic carbocycles. The lowest BCUT2D eigenvalue weighted by atomic mass is 9.82. The first-order chi connectivity index (χ1) is 13.8. The Kier molecular flexibility index (Phi) is 3.98. The van der Waals surface area contributed by atoms with Crippen LogP contribution in [-0.4, -0.2) is 13.1 Å². The van der Waals surface area contributed by atoms with Crippen LogP contribution < -0.4 is 0 Å². The van der Waals surface area contributed by atoms with Gasteiger partial charge in [0.15, 0.2) is 0 Å². The molecule has 0 saturated carbocycles. The quantitative estimate of drug-likeness (QED) is 0.383. The average Bonchev–Trinajstić information content (AvgIpc) is 3.08. The van der Waals surface area contributed by atoms with Gasteiger partial charge in [0, 0.05) is 5.92 Å². The van der Waals surface area contributed by atoms with E-state index >= 15 is 0 Å². The van der Waals surface area contributed by atoms with Gasteiger partial charge in [-0.15, -0.1) is 0 Å². The number of methoxy groups -OCH3 is 1. The molecular formula is C26H20O2. The molecule has 1 aliphatic rings. The second-order valence-electron chi connectivity index (χ2n) is 7.22. The van der Waals surface area contributed by atoms with Crippen molar-refractivity contribution in [2.45, 2.75) is 12.3 Å². The van der Waals surface area contributed by atoms with Crippen molar-refractivity contribution in [2.24, 2.45) is 0 Å². The summed E-state index contributed by atoms with van der Waals surface area (Å²) in [5.41, 5.74) is 7.39. The Labute approximate surface area is 164 Å². The molecule has 0 saturated heterocycles. The minimum absolute atomic E-state index is 0.109. The molecule has 0 aromatic heterocycles. The van der Waals surface area contributed by atoms with Crippen molar-refractivity contribution in [3.05, 3.63) is 107 Å². The van der Waals surface area contributed by atoms with Crippen LogP contribution in [0, 0.1) is 0 Å². The number of esters is 1. The predicted octanol–water partition coefficient (Wildman–Crippen LogP) is 5.72. The number of hydrogen-bond acceptors (Lipinski definition) is 2. The van der Waals surface area contributed by atoms with Gasteiger partial charge >= 0.3 is 5.97 Å². The van der Waals surface area contributed by atoms with E-state index in [2.05, 4.69) is 84.9 Å². The summed E-state index contributed by atoms with van der Waals surface area (Å²) in [5, 5.41) is 2.38. The third-order valence-electron chi connectivity index (χ3n) is 5.75. The Morgan fingerprint density at radius 2 is 1.39 bits per heavy atom. The molecule has 28 heavy (non-hydrogen) atoms. The highest BCUT2D eigenvalue weighted by Gasteiger charge is 2.32. The number of benzene rings is 4. The molecule has 2 nitrogen and oxygen atoms in total. The molecule has 4 aromatic rings. The molecule has 0 heterocycles. The number of carbonyl (C=O) groups excluding carboxylic acids is 1. The maximum absolute atomic E-state index is 12.2. The predicted molar refractivity (Wildman–Crippen MR) is 112 cm³/mol. The molecule has 0 fully saturated rings. The summed E-state index contributed by atoms with van der Waals surface area (Å²) in [7, 11) is 1.45. The van der Waals surface area contributed by atoms with Crippen molar-refractivity contribution in [3.8, 4) is 11.1 Å². The van der Waals surface area contributed by atoms with Crippen molar-refractivity contribution < 1.29 is 9.53 Å². The van der Waals surface area contributed by atoms with Crippen LogP contribution in [0.2, 0.25) is 0 Å². The molecule has 0 spiro atoms. The average molecular weight is 364 g/mol. The smallest absolute Gasteiger partial charge is 0.309 e. The van der Waals surface area contributed by atoms with Gasteiger partial charge < -0.3 is 4.74 Å². The number of rotatable bonds is 3. The summed E-state index contributed by atoms with van der Waals surface area (Å²) < 4.78 is 4.98. The van der Waals surface area contributed by atoms with Crippen LogP contribution in [0.1, 0.15) is 28.2 Å². The van der Waals surface area contributed by atoms with Crippen LogP contribution in [0.5, 0.6) is 0 Å². The molecule has 0 aliphatic heterocycles. The Morgan fingerprint density at radius 3 is 2.07 bits per heavy atom. The Balaban J connectivity index is 1.84. The van der Waals surface area contributed by atoms with Crippen molar-refractivity contribution in [2.75, 3.05) is 7.11 Å². The standard InChI is InChI=1S/C26H20O2/c1-28-24(27)16-18-15-14-17-8-2-3-9-19(17)25(18)26-22-12-6-4-10-20(22)21-11-5-7-13-23(21)26/h2-15,26H,16H2,1H3. The van der Waals surface area contributed by atoms with E-state index in [1.54, 1.807) is 0 Å². The molecule has 0 amide bonds. The highest BCUT2D eigenvalue weighted by molar-refractivity contribution is 5.92. The zero-order chi connectivity index (χ0) is 19.1. The molecule has 0 bridgehead atoms. The first kappa shape index (κ1) is 16.8. The number of ether oxygens (including phenoxy) is 1. The van der Waals surface area contributed by atoms with Crippen molar-refractivity contribution in [1.29, 1.82) is 0 Å². The highest BCUT2D eigenvalue weighted by atomic mass is 16.5. The van der Waals surface area contributed by atoms with E-state index in [0.29, 0.717) is 0 Å². The van der Waals surface area contributed by atoms with E-state index in [0.717, 1.165) is 5.56 Å². The van der Waals surface area contributed by atoms with Crippen LogP contribution >= 0.6 is 0 Å². The zero-order valence-electron chi connectivity index (χ0n) is 15.7. The Bertz CT molecular complexity index is 1160. The molecule has 0 radical (unpaired) electrons. The Hall–Kier alpha value is -3.39. The summed E-state index contributed by atoms with van der Waals surface area (Å²) >= 11 is 0. The molecule has 136 valence electrons. The third kappa shape index (κ3) is 2.53. The van der Waals surface area contributed by atoms with Crippen LogP contribution in [0.3, 0.4) is 0 Å². The van der Waals surface area contributed by atoms with E-state index in [4.69, 9.17) is 4.74 Å². The molecule has 1 aliphatic carbocycles. The lowest BCUT2D eigenvalue weighted by Crippen LogP contribution is -2.10. The molecule has 0 unspecified atom stereocenters. The van der Waals surface area contributed by atoms with Crippen molar-refractivity contribution in [1.82, 2.24) is 0 Å². The zero-order valence-corrected chi connectivity index (χ0v) is 15.7. The Morgan fingerprint density at radius 1 is 0.786 bits per heavy atom. The minimum Gasteiger partial charge on any atom is -0.469 e. The maximum Gasteiger partial charge on any atom is 0.309 e. The monoisotopic (exact) mass is 364 g/mol. The summed E-state index contributed by atoms with van der Waals surface area (Å²) in [6.45, 7) is 0. The summed E-state index contributed by atoms with van der Waals surface area (Å²) in [4.78, 5) is 12.2. The van der Waals surface area contributed by atoms with Gasteiger partial charge in [0.25, 0.3) is 0 Å². The van der Waals surface area contributed by atoms with E-state index in [-0.39, 0.29) is 18.3 Å². The summed E-state index contributed by atoms with van der Waals surface area (Å²) in [6, 6.07) is 29.8. The first-order valence-electron chi connectivity index (χ1n) is 9.53. The van der Waals surface area contributed by atoms with E-state index in [9.17, 15) is 4.79 Å². The molecule has 0 N–H and O–H groups in total. The minimum atomic E-state index is -0.212. The third-order valence-corrected chi connectivity index (χ3v) is 5.75. The van der Waals surface area contributed by atoms with Crippen molar-refractivity contribution in [3.63, 3.8) is 0 Å². The van der Waals surface area contributed by atoms with Gasteiger partial charge in [0.05, 0.1) is 13.5 Å². The second kappa shape index (κ2) is 6.65. The SMILES string of the molecule is COC(=O)Cc1ccc2ccccc2c1C1c2ccccc2-c2ccccc21. The lowest BCUT2D eigenvalue weighted by molar-refractivity contribution is -0.139. The summed E-state index contributed by atoms with van der Waals surface area (Å²) in [6.07, 6.45) is 0.275. The molecule has 0 atom stereocenters. The van der Waals surface area contributed by atoms with E-state index in [1.807, 2.05) is 0 Å². The van der Waals surface area contributed by atoms with Crippen LogP contribution in [0.25, 0.3) is 21.9 Å². The van der Waals surface area contributed by atoms with Gasteiger partial charge in [-0.3, -0.25) is 4.79 Å². The van der Waals surface area contributed by atoms with Gasteiger partial charge in [-0.25, -0.2) is 0 Å². The van der Waals surface area contributed by atoms with Crippen LogP contribution in [0.15, 0.2) is 84.9 Å². The van der Waals surface area contributed by atoms with Gasteiger partial charge in [-0.1, -0.05) is 84.9 Å². The largest absolute Gasteiger partial charge is 0.469 e. The maximum atomic E-state index is 12.2. The first-order valence-corrected chi connectivity index (χ1v) is 9.53. The highest BCUT2D eigenvalue weighted by Crippen LogP contribution is 2.50. The van der Waals surface area contributed by atoms with Gasteiger partial charge in [0.2, 0.25) is 0 Å². The van der Waals surface area contributed by atoms with Crippen LogP contribution in [-0.2, 0) is 16.0 Å². The normalized spacial score (nSPS) is 12.6. The molecule has 2 heteroatoms. The van der Waals surface area contributed by atoms with E-state index in [1.165, 1.54) is 45.7 Å². The van der Waals surface area contributed by atoms with E-state index < -0.39 is 0 Å². The number of hydrogen-bond donors (Lipinski definition) is 0. The second-order valence-corrected chi connectivity index (χ2v) is 7.22. The molecular weight excluding hydrogens is 344 g/mol.